The van der Waals surface area contributed by atoms with E-state index in [9.17, 15) is 21.4 Å². The quantitative estimate of drug-likeness (QED) is 0.358. The van der Waals surface area contributed by atoms with Crippen molar-refractivity contribution in [3.8, 4) is 5.75 Å². The van der Waals surface area contributed by atoms with E-state index in [1.165, 1.54) is 19.1 Å². The molecule has 0 aromatic heterocycles. The highest BCUT2D eigenvalue weighted by molar-refractivity contribution is 14.1. The summed E-state index contributed by atoms with van der Waals surface area (Å²) in [6.45, 7) is 4.90. The molecule has 0 amide bonds. The Labute approximate surface area is 161 Å². The molecule has 9 heteroatoms. The predicted molar refractivity (Wildman–Crippen MR) is 100 cm³/mol. The van der Waals surface area contributed by atoms with Crippen molar-refractivity contribution in [3.05, 3.63) is 51.1 Å². The van der Waals surface area contributed by atoms with Crippen LogP contribution >= 0.6 is 22.6 Å². The molecule has 0 aliphatic carbocycles. The van der Waals surface area contributed by atoms with Gasteiger partial charge < -0.3 is 8.74 Å². The van der Waals surface area contributed by atoms with Crippen LogP contribution in [0.1, 0.15) is 30.9 Å². The van der Waals surface area contributed by atoms with Gasteiger partial charge in [-0.3, -0.25) is 0 Å². The van der Waals surface area contributed by atoms with E-state index < -0.39 is 20.2 Å². The summed E-state index contributed by atoms with van der Waals surface area (Å²) in [5.41, 5.74) is 0.460. The number of halogens is 1. The molecule has 0 radical (unpaired) electrons. The molecule has 0 N–H and O–H groups in total. The molecule has 0 unspecified atom stereocenters. The van der Waals surface area contributed by atoms with Crippen molar-refractivity contribution in [2.45, 2.75) is 36.5 Å². The summed E-state index contributed by atoms with van der Waals surface area (Å²) in [5.74, 6) is -0.308. The SMILES string of the molecule is Cc1cc(S(=O)(=O)[O-])c(C(C)C)cc1OS(=O)(=O)c1ccccc1I. The van der Waals surface area contributed by atoms with E-state index in [4.69, 9.17) is 4.18 Å². The van der Waals surface area contributed by atoms with Gasteiger partial charge in [-0.15, -0.1) is 0 Å². The zero-order chi connectivity index (χ0) is 19.0. The normalized spacial score (nSPS) is 12.4. The van der Waals surface area contributed by atoms with Crippen molar-refractivity contribution >= 4 is 42.8 Å². The first-order valence-electron chi connectivity index (χ1n) is 7.23. The molecule has 0 aliphatic heterocycles. The molecule has 25 heavy (non-hydrogen) atoms. The van der Waals surface area contributed by atoms with Gasteiger partial charge in [0.1, 0.15) is 20.8 Å². The molecule has 0 saturated heterocycles. The average Bonchev–Trinajstić information content (AvgIpc) is 2.47. The molecule has 2 aromatic rings. The number of hydrogen-bond acceptors (Lipinski definition) is 6. The van der Waals surface area contributed by atoms with Crippen molar-refractivity contribution in [1.29, 1.82) is 0 Å². The fourth-order valence-electron chi connectivity index (χ4n) is 2.25. The van der Waals surface area contributed by atoms with Crippen LogP contribution in [0.5, 0.6) is 5.75 Å². The molecule has 2 aromatic carbocycles. The number of benzene rings is 2. The van der Waals surface area contributed by atoms with E-state index >= 15 is 0 Å². The Balaban J connectivity index is 2.58. The zero-order valence-electron chi connectivity index (χ0n) is 13.7. The van der Waals surface area contributed by atoms with Gasteiger partial charge in [0, 0.05) is 3.57 Å². The smallest absolute Gasteiger partial charge is 0.340 e. The maximum atomic E-state index is 12.5. The van der Waals surface area contributed by atoms with Gasteiger partial charge in [-0.25, -0.2) is 8.42 Å². The van der Waals surface area contributed by atoms with E-state index in [1.807, 2.05) is 22.6 Å². The number of hydrogen-bond donors (Lipinski definition) is 0. The van der Waals surface area contributed by atoms with Crippen LogP contribution in [0.4, 0.5) is 0 Å². The van der Waals surface area contributed by atoms with Crippen molar-refractivity contribution < 1.29 is 25.6 Å². The second kappa shape index (κ2) is 7.22. The maximum absolute atomic E-state index is 12.5. The fourth-order valence-corrected chi connectivity index (χ4v) is 5.40. The Kier molecular flexibility index (Phi) is 5.81. The molecule has 2 rings (SSSR count). The Hall–Kier alpha value is -1.17. The van der Waals surface area contributed by atoms with Gasteiger partial charge in [0.2, 0.25) is 0 Å². The molecular formula is C16H16IO6S2-. The van der Waals surface area contributed by atoms with Gasteiger partial charge in [-0.2, -0.15) is 8.42 Å². The molecular weight excluding hydrogens is 479 g/mol. The Morgan fingerprint density at radius 2 is 1.64 bits per heavy atom. The van der Waals surface area contributed by atoms with Crippen LogP contribution in [-0.4, -0.2) is 21.4 Å². The molecule has 136 valence electrons. The third-order valence-electron chi connectivity index (χ3n) is 3.50. The lowest BCUT2D eigenvalue weighted by atomic mass is 10.0. The lowest BCUT2D eigenvalue weighted by Crippen LogP contribution is -2.13. The van der Waals surface area contributed by atoms with Gasteiger partial charge in [0.15, 0.2) is 0 Å². The summed E-state index contributed by atoms with van der Waals surface area (Å²) in [4.78, 5) is -0.347. The Bertz CT molecular complexity index is 1010. The third-order valence-corrected chi connectivity index (χ3v) is 7.00. The lowest BCUT2D eigenvalue weighted by molar-refractivity contribution is 0.461. The highest BCUT2D eigenvalue weighted by Gasteiger charge is 2.23. The maximum Gasteiger partial charge on any atom is 0.340 e. The van der Waals surface area contributed by atoms with E-state index in [0.717, 1.165) is 6.07 Å². The molecule has 0 bridgehead atoms. The van der Waals surface area contributed by atoms with Crippen molar-refractivity contribution in [3.63, 3.8) is 0 Å². The van der Waals surface area contributed by atoms with Crippen molar-refractivity contribution in [2.75, 3.05) is 0 Å². The largest absolute Gasteiger partial charge is 0.744 e. The summed E-state index contributed by atoms with van der Waals surface area (Å²) in [7, 11) is -8.77. The number of rotatable bonds is 5. The van der Waals surface area contributed by atoms with E-state index in [1.54, 1.807) is 32.0 Å². The highest BCUT2D eigenvalue weighted by atomic mass is 127. The summed E-state index contributed by atoms with van der Waals surface area (Å²) in [6, 6.07) is 8.80. The van der Waals surface area contributed by atoms with Crippen LogP contribution in [0.15, 0.2) is 46.2 Å². The molecule has 0 fully saturated rings. The molecule has 0 aliphatic rings. The van der Waals surface area contributed by atoms with Crippen LogP contribution in [0.2, 0.25) is 0 Å². The highest BCUT2D eigenvalue weighted by Crippen LogP contribution is 2.33. The summed E-state index contributed by atoms with van der Waals surface area (Å²) >= 11 is 1.89. The number of aryl methyl sites for hydroxylation is 1. The molecule has 6 nitrogen and oxygen atoms in total. The first kappa shape index (κ1) is 20.1. The molecule has 0 saturated carbocycles. The Morgan fingerprint density at radius 1 is 1.04 bits per heavy atom. The van der Waals surface area contributed by atoms with Crippen LogP contribution in [-0.2, 0) is 20.2 Å². The Morgan fingerprint density at radius 3 is 2.16 bits per heavy atom. The summed E-state index contributed by atoms with van der Waals surface area (Å²) in [5, 5.41) is 0. The van der Waals surface area contributed by atoms with Crippen LogP contribution in [0.25, 0.3) is 0 Å². The second-order valence-electron chi connectivity index (χ2n) is 5.73. The minimum Gasteiger partial charge on any atom is -0.744 e. The minimum absolute atomic E-state index is 0.00393. The van der Waals surface area contributed by atoms with Gasteiger partial charge in [-0.05, 0) is 70.8 Å². The zero-order valence-corrected chi connectivity index (χ0v) is 17.5. The van der Waals surface area contributed by atoms with Crippen LogP contribution in [0.3, 0.4) is 0 Å². The minimum atomic E-state index is -4.68. The second-order valence-corrected chi connectivity index (χ2v) is 9.76. The standard InChI is InChI=1S/C16H17IO6S2/c1-10(2)12-9-14(11(3)8-16(12)24(18,19)20)23-25(21,22)15-7-5-4-6-13(15)17/h4-10H,1-3H3,(H,18,19,20)/p-1. The van der Waals surface area contributed by atoms with Gasteiger partial charge in [0.05, 0.1) is 4.90 Å². The fraction of sp³-hybridized carbons (Fsp3) is 0.250. The lowest BCUT2D eigenvalue weighted by Gasteiger charge is -2.19. The van der Waals surface area contributed by atoms with Gasteiger partial charge in [0.25, 0.3) is 0 Å². The van der Waals surface area contributed by atoms with Crippen LogP contribution < -0.4 is 4.18 Å². The van der Waals surface area contributed by atoms with E-state index in [2.05, 4.69) is 0 Å². The molecule has 0 spiro atoms. The monoisotopic (exact) mass is 495 g/mol. The van der Waals surface area contributed by atoms with E-state index in [0.29, 0.717) is 3.57 Å². The van der Waals surface area contributed by atoms with Crippen molar-refractivity contribution in [2.24, 2.45) is 0 Å². The van der Waals surface area contributed by atoms with Gasteiger partial charge >= 0.3 is 10.1 Å². The van der Waals surface area contributed by atoms with Crippen molar-refractivity contribution in [1.82, 2.24) is 0 Å². The summed E-state index contributed by atoms with van der Waals surface area (Å²) in [6.07, 6.45) is 0. The predicted octanol–water partition coefficient (Wildman–Crippen LogP) is 3.39. The first-order valence-corrected chi connectivity index (χ1v) is 11.1. The summed E-state index contributed by atoms with van der Waals surface area (Å²) < 4.78 is 65.2. The topological polar surface area (TPSA) is 101 Å². The third kappa shape index (κ3) is 4.52. The molecule has 0 heterocycles. The van der Waals surface area contributed by atoms with E-state index in [-0.39, 0.29) is 32.6 Å². The molecule has 0 atom stereocenters. The van der Waals surface area contributed by atoms with Gasteiger partial charge in [-0.1, -0.05) is 26.0 Å². The average molecular weight is 495 g/mol. The first-order chi connectivity index (χ1) is 11.4. The van der Waals surface area contributed by atoms with Crippen LogP contribution in [0, 0.1) is 10.5 Å².